The number of nitrogens with two attached hydrogens (primary N) is 1. The van der Waals surface area contributed by atoms with Gasteiger partial charge in [-0.1, -0.05) is 12.1 Å². The number of sulfone groups is 1. The molecule has 0 fully saturated rings. The van der Waals surface area contributed by atoms with Crippen LogP contribution in [-0.2, 0) is 9.84 Å². The minimum Gasteiger partial charge on any atom is -0.271 e. The summed E-state index contributed by atoms with van der Waals surface area (Å²) in [5, 5.41) is 0. The molecule has 7 heteroatoms. The maximum Gasteiger partial charge on any atom is 0.175 e. The molecule has 2 aromatic rings. The summed E-state index contributed by atoms with van der Waals surface area (Å²) in [5.41, 5.74) is 2.80. The van der Waals surface area contributed by atoms with Gasteiger partial charge < -0.3 is 0 Å². The molecule has 4 nitrogen and oxygen atoms in total. The first-order valence-corrected chi connectivity index (χ1v) is 7.93. The Morgan fingerprint density at radius 1 is 1.14 bits per heavy atom. The van der Waals surface area contributed by atoms with Crippen LogP contribution in [0.3, 0.4) is 0 Å². The van der Waals surface area contributed by atoms with E-state index in [0.717, 1.165) is 24.5 Å². The van der Waals surface area contributed by atoms with Gasteiger partial charge in [-0.3, -0.25) is 5.84 Å². The average molecular weight is 312 g/mol. The highest BCUT2D eigenvalue weighted by Crippen LogP contribution is 2.26. The minimum atomic E-state index is -3.40. The van der Waals surface area contributed by atoms with E-state index >= 15 is 0 Å². The Morgan fingerprint density at radius 2 is 1.86 bits per heavy atom. The second-order valence-electron chi connectivity index (χ2n) is 4.61. The van der Waals surface area contributed by atoms with Crippen LogP contribution < -0.4 is 11.3 Å². The van der Waals surface area contributed by atoms with Crippen LogP contribution in [0.2, 0.25) is 0 Å². The Hall–Kier alpha value is -1.83. The Balaban J connectivity index is 2.54. The van der Waals surface area contributed by atoms with Gasteiger partial charge in [0.1, 0.15) is 11.6 Å². The maximum atomic E-state index is 13.8. The second kappa shape index (κ2) is 5.88. The van der Waals surface area contributed by atoms with Gasteiger partial charge in [0, 0.05) is 11.8 Å². The van der Waals surface area contributed by atoms with Gasteiger partial charge in [-0.2, -0.15) is 0 Å². The van der Waals surface area contributed by atoms with E-state index in [-0.39, 0.29) is 10.5 Å². The van der Waals surface area contributed by atoms with Crippen LogP contribution in [-0.4, -0.2) is 14.7 Å². The van der Waals surface area contributed by atoms with Crippen LogP contribution in [0.25, 0.3) is 0 Å². The molecule has 0 aromatic heterocycles. The van der Waals surface area contributed by atoms with E-state index in [2.05, 4.69) is 5.43 Å². The summed E-state index contributed by atoms with van der Waals surface area (Å²) in [5.74, 6) is 4.19. The third-order valence-electron chi connectivity index (χ3n) is 3.06. The van der Waals surface area contributed by atoms with Crippen molar-refractivity contribution in [1.82, 2.24) is 5.43 Å². The first-order chi connectivity index (χ1) is 9.82. The van der Waals surface area contributed by atoms with Crippen LogP contribution in [0.4, 0.5) is 8.78 Å². The van der Waals surface area contributed by atoms with Gasteiger partial charge in [-0.15, -0.1) is 0 Å². The summed E-state index contributed by atoms with van der Waals surface area (Å²) in [4.78, 5) is 0.0806. The molecule has 0 aliphatic carbocycles. The molecule has 1 unspecified atom stereocenters. The molecule has 1 atom stereocenters. The lowest BCUT2D eigenvalue weighted by atomic mass is 9.99. The molecule has 3 N–H and O–H groups in total. The molecule has 0 amide bonds. The molecular weight excluding hydrogens is 298 g/mol. The lowest BCUT2D eigenvalue weighted by molar-refractivity contribution is 0.545. The van der Waals surface area contributed by atoms with Gasteiger partial charge in [-0.05, 0) is 35.9 Å². The van der Waals surface area contributed by atoms with Crippen molar-refractivity contribution in [1.29, 1.82) is 0 Å². The van der Waals surface area contributed by atoms with E-state index in [1.165, 1.54) is 18.2 Å². The van der Waals surface area contributed by atoms with E-state index in [1.54, 1.807) is 6.07 Å². The van der Waals surface area contributed by atoms with Gasteiger partial charge in [0.15, 0.2) is 9.84 Å². The van der Waals surface area contributed by atoms with E-state index in [4.69, 9.17) is 5.84 Å². The molecule has 2 aromatic carbocycles. The van der Waals surface area contributed by atoms with E-state index in [9.17, 15) is 17.2 Å². The Labute approximate surface area is 121 Å². The number of nitrogens with one attached hydrogen (secondary N) is 1. The molecule has 0 aliphatic heterocycles. The van der Waals surface area contributed by atoms with Crippen molar-refractivity contribution in [3.05, 3.63) is 65.2 Å². The zero-order valence-electron chi connectivity index (χ0n) is 11.2. The van der Waals surface area contributed by atoms with Crippen molar-refractivity contribution in [3.8, 4) is 0 Å². The molecule has 0 saturated carbocycles. The van der Waals surface area contributed by atoms with Crippen LogP contribution in [0.15, 0.2) is 47.4 Å². The first-order valence-electron chi connectivity index (χ1n) is 6.04. The number of hydrazine groups is 1. The third kappa shape index (κ3) is 3.44. The molecule has 112 valence electrons. The summed E-state index contributed by atoms with van der Waals surface area (Å²) in [6.07, 6.45) is 1.07. The molecular formula is C14H14F2N2O2S. The smallest absolute Gasteiger partial charge is 0.175 e. The first kappa shape index (κ1) is 15.6. The Bertz CT molecular complexity index is 763. The minimum absolute atomic E-state index is 0.00292. The van der Waals surface area contributed by atoms with E-state index in [1.807, 2.05) is 0 Å². The topological polar surface area (TPSA) is 72.2 Å². The predicted molar refractivity (Wildman–Crippen MR) is 75.1 cm³/mol. The summed E-state index contributed by atoms with van der Waals surface area (Å²) in [6, 6.07) is 8.07. The molecule has 21 heavy (non-hydrogen) atoms. The largest absolute Gasteiger partial charge is 0.271 e. The van der Waals surface area contributed by atoms with Crippen molar-refractivity contribution in [2.45, 2.75) is 10.9 Å². The highest BCUT2D eigenvalue weighted by Gasteiger charge is 2.19. The molecule has 0 spiro atoms. The van der Waals surface area contributed by atoms with Gasteiger partial charge in [0.2, 0.25) is 0 Å². The number of hydrogen-bond acceptors (Lipinski definition) is 4. The fraction of sp³-hybridized carbons (Fsp3) is 0.143. The maximum absolute atomic E-state index is 13.8. The fourth-order valence-corrected chi connectivity index (χ4v) is 2.70. The lowest BCUT2D eigenvalue weighted by Gasteiger charge is -2.18. The van der Waals surface area contributed by atoms with E-state index in [0.29, 0.717) is 5.56 Å². The fourth-order valence-electron chi connectivity index (χ4n) is 2.03. The summed E-state index contributed by atoms with van der Waals surface area (Å²) < 4.78 is 50.3. The molecule has 0 bridgehead atoms. The summed E-state index contributed by atoms with van der Waals surface area (Å²) in [6.45, 7) is 0. The number of hydrogen-bond donors (Lipinski definition) is 2. The van der Waals surface area contributed by atoms with Crippen molar-refractivity contribution in [2.75, 3.05) is 6.26 Å². The molecule has 0 aliphatic rings. The third-order valence-corrected chi connectivity index (χ3v) is 4.17. The van der Waals surface area contributed by atoms with Crippen LogP contribution in [0.1, 0.15) is 17.2 Å². The quantitative estimate of drug-likeness (QED) is 0.668. The highest BCUT2D eigenvalue weighted by atomic mass is 32.2. The van der Waals surface area contributed by atoms with Crippen LogP contribution in [0.5, 0.6) is 0 Å². The summed E-state index contributed by atoms with van der Waals surface area (Å²) in [7, 11) is -3.40. The van der Waals surface area contributed by atoms with Crippen LogP contribution >= 0.6 is 0 Å². The standard InChI is InChI=1S/C14H14F2N2O2S/c1-21(19,20)11-4-2-3-9(7-11)14(18-17)12-8-10(15)5-6-13(12)16/h2-8,14,18H,17H2,1H3. The molecule has 0 saturated heterocycles. The zero-order valence-corrected chi connectivity index (χ0v) is 12.0. The van der Waals surface area contributed by atoms with Gasteiger partial charge in [0.25, 0.3) is 0 Å². The van der Waals surface area contributed by atoms with Crippen molar-refractivity contribution in [3.63, 3.8) is 0 Å². The second-order valence-corrected chi connectivity index (χ2v) is 6.63. The zero-order chi connectivity index (χ0) is 15.6. The van der Waals surface area contributed by atoms with Gasteiger partial charge in [0.05, 0.1) is 10.9 Å². The molecule has 0 radical (unpaired) electrons. The lowest BCUT2D eigenvalue weighted by Crippen LogP contribution is -2.29. The average Bonchev–Trinajstić information content (AvgIpc) is 2.43. The monoisotopic (exact) mass is 312 g/mol. The normalized spacial score (nSPS) is 13.1. The number of benzene rings is 2. The van der Waals surface area contributed by atoms with Gasteiger partial charge >= 0.3 is 0 Å². The Kier molecular flexibility index (Phi) is 4.36. The predicted octanol–water partition coefficient (Wildman–Crippen LogP) is 1.92. The Morgan fingerprint density at radius 3 is 2.48 bits per heavy atom. The van der Waals surface area contributed by atoms with Crippen LogP contribution in [0, 0.1) is 11.6 Å². The SMILES string of the molecule is CS(=O)(=O)c1cccc(C(NN)c2cc(F)ccc2F)c1. The van der Waals surface area contributed by atoms with Crippen molar-refractivity contribution < 1.29 is 17.2 Å². The highest BCUT2D eigenvalue weighted by molar-refractivity contribution is 7.90. The number of rotatable bonds is 4. The molecule has 0 heterocycles. The van der Waals surface area contributed by atoms with Crippen molar-refractivity contribution in [2.24, 2.45) is 5.84 Å². The summed E-state index contributed by atoms with van der Waals surface area (Å²) >= 11 is 0. The van der Waals surface area contributed by atoms with E-state index < -0.39 is 27.5 Å². The van der Waals surface area contributed by atoms with Gasteiger partial charge in [-0.25, -0.2) is 22.6 Å². The number of halogens is 2. The molecule has 2 rings (SSSR count). The van der Waals surface area contributed by atoms with Crippen molar-refractivity contribution >= 4 is 9.84 Å².